The van der Waals surface area contributed by atoms with Gasteiger partial charge in [-0.1, -0.05) is 84.9 Å². The molecular weight excluding hydrogens is 524 g/mol. The van der Waals surface area contributed by atoms with Crippen molar-refractivity contribution in [2.24, 2.45) is 11.7 Å². The number of carbonyl (C=O) groups is 1. The number of likely N-dealkylation sites (tertiary alicyclic amines) is 1. The lowest BCUT2D eigenvalue weighted by atomic mass is 9.84. The van der Waals surface area contributed by atoms with E-state index in [9.17, 15) is 15.2 Å². The van der Waals surface area contributed by atoms with Gasteiger partial charge in [-0.25, -0.2) is 0 Å². The highest BCUT2D eigenvalue weighted by molar-refractivity contribution is 5.95. The molecule has 1 saturated carbocycles. The van der Waals surface area contributed by atoms with Crippen molar-refractivity contribution in [1.82, 2.24) is 14.7 Å². The molecule has 3 atom stereocenters. The molecule has 4 N–H and O–H groups in total. The van der Waals surface area contributed by atoms with Crippen LogP contribution >= 0.6 is 0 Å². The van der Waals surface area contributed by atoms with Crippen molar-refractivity contribution >= 4 is 11.7 Å². The fraction of sp³-hybridized carbons (Fsp3) is 0.324. The molecule has 6 rings (SSSR count). The number of aromatic nitrogens is 2. The smallest absolute Gasteiger partial charge is 0.229 e. The highest BCUT2D eigenvalue weighted by atomic mass is 16.3. The van der Waals surface area contributed by atoms with Crippen LogP contribution in [0.2, 0.25) is 0 Å². The maximum absolute atomic E-state index is 13.1. The largest absolute Gasteiger partial charge is 0.374 e. The molecule has 2 fully saturated rings. The van der Waals surface area contributed by atoms with Gasteiger partial charge >= 0.3 is 0 Å². The number of piperidine rings is 1. The van der Waals surface area contributed by atoms with Crippen molar-refractivity contribution in [1.29, 1.82) is 5.26 Å². The summed E-state index contributed by atoms with van der Waals surface area (Å²) >= 11 is 0. The predicted molar refractivity (Wildman–Crippen MR) is 162 cm³/mol. The van der Waals surface area contributed by atoms with Crippen LogP contribution in [0.5, 0.6) is 0 Å². The average molecular weight is 561 g/mol. The lowest BCUT2D eigenvalue weighted by Gasteiger charge is -2.40. The van der Waals surface area contributed by atoms with E-state index in [4.69, 9.17) is 10.8 Å². The van der Waals surface area contributed by atoms with E-state index >= 15 is 0 Å². The van der Waals surface area contributed by atoms with Crippen LogP contribution in [-0.4, -0.2) is 38.8 Å². The Morgan fingerprint density at radius 2 is 1.67 bits per heavy atom. The van der Waals surface area contributed by atoms with Crippen molar-refractivity contribution in [3.05, 3.63) is 108 Å². The Bertz CT molecular complexity index is 1550. The van der Waals surface area contributed by atoms with Crippen molar-refractivity contribution < 1.29 is 9.90 Å². The lowest BCUT2D eigenvalue weighted by Crippen LogP contribution is -2.46. The van der Waals surface area contributed by atoms with E-state index in [1.54, 1.807) is 10.9 Å². The van der Waals surface area contributed by atoms with Gasteiger partial charge in [0.2, 0.25) is 5.91 Å². The van der Waals surface area contributed by atoms with Gasteiger partial charge in [-0.15, -0.1) is 0 Å². The summed E-state index contributed by atoms with van der Waals surface area (Å²) in [7, 11) is 0. The number of benzene rings is 3. The van der Waals surface area contributed by atoms with Gasteiger partial charge in [0.05, 0.1) is 23.6 Å². The Morgan fingerprint density at radius 1 is 1.02 bits per heavy atom. The second kappa shape index (κ2) is 11.9. The highest BCUT2D eigenvalue weighted by Gasteiger charge is 2.44. The average Bonchev–Trinajstić information content (AvgIpc) is 3.72. The summed E-state index contributed by atoms with van der Waals surface area (Å²) in [6.07, 6.45) is 2.90. The van der Waals surface area contributed by atoms with Crippen molar-refractivity contribution in [2.75, 3.05) is 18.4 Å². The molecule has 1 amide bonds. The Hall–Kier alpha value is -4.29. The third-order valence-electron chi connectivity index (χ3n) is 8.81. The monoisotopic (exact) mass is 560 g/mol. The summed E-state index contributed by atoms with van der Waals surface area (Å²) < 4.78 is 1.77. The van der Waals surface area contributed by atoms with E-state index in [-0.39, 0.29) is 30.0 Å². The molecule has 1 aliphatic carbocycles. The molecule has 0 bridgehead atoms. The van der Waals surface area contributed by atoms with Crippen LogP contribution in [0, 0.1) is 17.2 Å². The quantitative estimate of drug-likeness (QED) is 0.244. The van der Waals surface area contributed by atoms with Crippen molar-refractivity contribution in [2.45, 2.75) is 49.9 Å². The van der Waals surface area contributed by atoms with Crippen LogP contribution in [0.3, 0.4) is 0 Å². The Kier molecular flexibility index (Phi) is 7.90. The maximum atomic E-state index is 13.1. The summed E-state index contributed by atoms with van der Waals surface area (Å²) in [5, 5.41) is 27.7. The van der Waals surface area contributed by atoms with Gasteiger partial charge in [0.1, 0.15) is 6.23 Å². The lowest BCUT2D eigenvalue weighted by molar-refractivity contribution is -0.117. The molecule has 1 aromatic heterocycles. The summed E-state index contributed by atoms with van der Waals surface area (Å²) in [5.74, 6) is 0.187. The standard InChI is InChI=1S/C34H36N6O2/c35-18-15-34(16-19-39(20-17-34)22-24-11-13-26(14-12-24)25-7-3-1-4-8-25)40-23-30(31(36)41)32(38-40)37-33(42)29-21-28(29)27-9-5-2-6-10-27/h1-14,23,28-29,31,41H,15-17,19-22,36H2,(H,37,38,42)/t28-,29+,31?/m1/s1. The number of nitrogens with one attached hydrogen (secondary N) is 1. The van der Waals surface area contributed by atoms with E-state index in [0.717, 1.165) is 44.5 Å². The zero-order valence-electron chi connectivity index (χ0n) is 23.6. The molecule has 1 unspecified atom stereocenters. The fourth-order valence-electron chi connectivity index (χ4n) is 6.16. The summed E-state index contributed by atoms with van der Waals surface area (Å²) in [5.41, 5.74) is 10.5. The number of nitrogens with zero attached hydrogens (tertiary/aromatic N) is 4. The number of amides is 1. The minimum Gasteiger partial charge on any atom is -0.374 e. The molecule has 1 aliphatic heterocycles. The maximum Gasteiger partial charge on any atom is 0.229 e. The number of aliphatic hydroxyl groups excluding tert-OH is 1. The van der Waals surface area contributed by atoms with Gasteiger partial charge in [0, 0.05) is 31.7 Å². The SMILES string of the molecule is N#CCC1(n2cc(C(N)O)c(NC(=O)[C@H]3C[C@@H]3c3ccccc3)n2)CCN(Cc2ccc(-c3ccccc3)cc2)CC1. The summed E-state index contributed by atoms with van der Waals surface area (Å²) in [6.45, 7) is 2.42. The van der Waals surface area contributed by atoms with Crippen LogP contribution in [0.4, 0.5) is 5.82 Å². The van der Waals surface area contributed by atoms with Gasteiger partial charge in [-0.2, -0.15) is 10.4 Å². The van der Waals surface area contributed by atoms with Gasteiger partial charge in [-0.05, 0) is 47.4 Å². The molecule has 8 nitrogen and oxygen atoms in total. The number of nitrogens with two attached hydrogens (primary N) is 1. The molecule has 2 heterocycles. The predicted octanol–water partition coefficient (Wildman–Crippen LogP) is 5.15. The Labute approximate surface area is 246 Å². The van der Waals surface area contributed by atoms with E-state index in [0.29, 0.717) is 5.56 Å². The van der Waals surface area contributed by atoms with E-state index in [1.165, 1.54) is 16.7 Å². The number of hydrogen-bond donors (Lipinski definition) is 3. The minimum absolute atomic E-state index is 0.126. The first-order valence-electron chi connectivity index (χ1n) is 14.6. The first kappa shape index (κ1) is 27.9. The Morgan fingerprint density at radius 3 is 2.31 bits per heavy atom. The van der Waals surface area contributed by atoms with Crippen LogP contribution < -0.4 is 11.1 Å². The number of aliphatic hydroxyl groups is 1. The van der Waals surface area contributed by atoms with Crippen LogP contribution in [0.15, 0.2) is 91.1 Å². The van der Waals surface area contributed by atoms with Crippen molar-refractivity contribution in [3.8, 4) is 17.2 Å². The number of carbonyl (C=O) groups excluding carboxylic acids is 1. The molecule has 8 heteroatoms. The van der Waals surface area contributed by atoms with E-state index in [1.807, 2.05) is 48.5 Å². The first-order chi connectivity index (χ1) is 20.5. The number of anilines is 1. The van der Waals surface area contributed by atoms with Gasteiger partial charge in [0.15, 0.2) is 5.82 Å². The highest BCUT2D eigenvalue weighted by Crippen LogP contribution is 2.48. The number of nitriles is 1. The third kappa shape index (κ3) is 5.86. The summed E-state index contributed by atoms with van der Waals surface area (Å²) in [4.78, 5) is 15.5. The molecule has 1 saturated heterocycles. The topological polar surface area (TPSA) is 120 Å². The number of hydrogen-bond acceptors (Lipinski definition) is 6. The van der Waals surface area contributed by atoms with Crippen LogP contribution in [0.25, 0.3) is 11.1 Å². The second-order valence-electron chi connectivity index (χ2n) is 11.6. The molecule has 42 heavy (non-hydrogen) atoms. The second-order valence-corrected chi connectivity index (χ2v) is 11.6. The zero-order chi connectivity index (χ0) is 29.1. The molecule has 214 valence electrons. The Balaban J connectivity index is 1.13. The fourth-order valence-corrected chi connectivity index (χ4v) is 6.16. The minimum atomic E-state index is -1.30. The molecule has 0 spiro atoms. The molecule has 2 aliphatic rings. The molecule has 4 aromatic rings. The normalized spacial score (nSPS) is 20.4. The molecule has 0 radical (unpaired) electrons. The first-order valence-corrected chi connectivity index (χ1v) is 14.6. The van der Waals surface area contributed by atoms with E-state index in [2.05, 4.69) is 52.7 Å². The van der Waals surface area contributed by atoms with Gasteiger partial charge < -0.3 is 16.2 Å². The third-order valence-corrected chi connectivity index (χ3v) is 8.81. The van der Waals surface area contributed by atoms with Gasteiger partial charge in [0.25, 0.3) is 0 Å². The molecular formula is C34H36N6O2. The van der Waals surface area contributed by atoms with Crippen LogP contribution in [0.1, 0.15) is 54.5 Å². The van der Waals surface area contributed by atoms with Crippen LogP contribution in [-0.2, 0) is 16.9 Å². The molecule has 3 aromatic carbocycles. The van der Waals surface area contributed by atoms with Gasteiger partial charge in [-0.3, -0.25) is 14.4 Å². The number of rotatable bonds is 9. The van der Waals surface area contributed by atoms with Crippen molar-refractivity contribution in [3.63, 3.8) is 0 Å². The summed E-state index contributed by atoms with van der Waals surface area (Å²) in [6, 6.07) is 31.4. The van der Waals surface area contributed by atoms with E-state index < -0.39 is 11.8 Å². The zero-order valence-corrected chi connectivity index (χ0v) is 23.6.